The zero-order valence-electron chi connectivity index (χ0n) is 12.4. The molecule has 2 heterocycles. The Morgan fingerprint density at radius 1 is 1.33 bits per heavy atom. The molecule has 1 atom stereocenters. The fraction of sp³-hybridized carbons (Fsp3) is 0.200. The van der Waals surface area contributed by atoms with E-state index in [0.29, 0.717) is 11.1 Å². The molecule has 3 rings (SSSR count). The van der Waals surface area contributed by atoms with Crippen LogP contribution in [0.2, 0.25) is 5.02 Å². The monoisotopic (exact) mass is 356 g/mol. The quantitative estimate of drug-likeness (QED) is 0.738. The number of alkyl halides is 3. The van der Waals surface area contributed by atoms with E-state index in [1.165, 1.54) is 6.07 Å². The van der Waals surface area contributed by atoms with Crippen molar-refractivity contribution in [1.29, 1.82) is 0 Å². The number of aromatic amines is 1. The molecule has 1 aromatic carbocycles. The van der Waals surface area contributed by atoms with Gasteiger partial charge in [-0.1, -0.05) is 23.7 Å². The Hall–Kier alpha value is -2.32. The summed E-state index contributed by atoms with van der Waals surface area (Å²) in [5, 5.41) is 6.46. The number of fused-ring (bicyclic) bond motifs is 1. The number of benzene rings is 1. The molecule has 0 aliphatic carbocycles. The molecule has 0 unspecified atom stereocenters. The fourth-order valence-corrected chi connectivity index (χ4v) is 2.74. The molecule has 3 N–H and O–H groups in total. The lowest BCUT2D eigenvalue weighted by Crippen LogP contribution is -2.26. The van der Waals surface area contributed by atoms with Crippen molar-refractivity contribution < 1.29 is 13.2 Å². The van der Waals surface area contributed by atoms with Gasteiger partial charge in [0, 0.05) is 17.8 Å². The number of nitrogens with two attached hydrogens (primary N) is 1. The summed E-state index contributed by atoms with van der Waals surface area (Å²) in [6.07, 6.45) is -4.60. The van der Waals surface area contributed by atoms with Crippen molar-refractivity contribution in [3.8, 4) is 5.82 Å². The third kappa shape index (κ3) is 2.67. The van der Waals surface area contributed by atoms with Crippen molar-refractivity contribution in [2.45, 2.75) is 19.1 Å². The van der Waals surface area contributed by atoms with Gasteiger partial charge in [0.05, 0.1) is 10.4 Å². The molecule has 5 nitrogen and oxygen atoms in total. The number of H-pyrrole nitrogens is 1. The molecule has 0 aliphatic rings. The van der Waals surface area contributed by atoms with Crippen LogP contribution in [0, 0.1) is 0 Å². The molecule has 0 saturated carbocycles. The SMILES string of the molecule is C[C@H](N)c1cc2cccc(Cl)c2c(=O)n1-c1cc(C(F)(F)F)[nH]n1. The second-order valence-electron chi connectivity index (χ2n) is 5.34. The molecular formula is C15H12ClF3N4O. The molecule has 0 aliphatic heterocycles. The first-order chi connectivity index (χ1) is 11.2. The lowest BCUT2D eigenvalue weighted by molar-refractivity contribution is -0.141. The minimum Gasteiger partial charge on any atom is -0.323 e. The highest BCUT2D eigenvalue weighted by atomic mass is 35.5. The van der Waals surface area contributed by atoms with Crippen molar-refractivity contribution in [1.82, 2.24) is 14.8 Å². The molecule has 0 radical (unpaired) electrons. The molecule has 0 fully saturated rings. The van der Waals surface area contributed by atoms with E-state index in [2.05, 4.69) is 5.10 Å². The number of hydrogen-bond donors (Lipinski definition) is 2. The second kappa shape index (κ2) is 5.64. The Balaban J connectivity index is 2.36. The van der Waals surface area contributed by atoms with E-state index in [1.807, 2.05) is 5.10 Å². The first-order valence-corrected chi connectivity index (χ1v) is 7.30. The lowest BCUT2D eigenvalue weighted by atomic mass is 10.1. The number of hydrogen-bond acceptors (Lipinski definition) is 3. The van der Waals surface area contributed by atoms with Gasteiger partial charge in [-0.3, -0.25) is 14.5 Å². The van der Waals surface area contributed by atoms with Gasteiger partial charge in [0.1, 0.15) is 5.69 Å². The molecule has 0 spiro atoms. The molecule has 24 heavy (non-hydrogen) atoms. The number of rotatable bonds is 2. The zero-order chi connectivity index (χ0) is 17.6. The Kier molecular flexibility index (Phi) is 3.89. The van der Waals surface area contributed by atoms with Gasteiger partial charge in [-0.15, -0.1) is 0 Å². The molecule has 0 bridgehead atoms. The Bertz CT molecular complexity index is 975. The maximum atomic E-state index is 12.8. The number of pyridine rings is 1. The Labute approximate surface area is 138 Å². The lowest BCUT2D eigenvalue weighted by Gasteiger charge is -2.15. The third-order valence-corrected chi connectivity index (χ3v) is 3.90. The summed E-state index contributed by atoms with van der Waals surface area (Å²) in [4.78, 5) is 12.8. The van der Waals surface area contributed by atoms with Gasteiger partial charge in [-0.05, 0) is 24.4 Å². The predicted octanol–water partition coefficient (Wildman–Crippen LogP) is 3.41. The average molecular weight is 357 g/mol. The van der Waals surface area contributed by atoms with Crippen LogP contribution in [0.5, 0.6) is 0 Å². The van der Waals surface area contributed by atoms with Gasteiger partial charge in [-0.2, -0.15) is 18.3 Å². The highest BCUT2D eigenvalue weighted by Crippen LogP contribution is 2.29. The molecule has 0 amide bonds. The van der Waals surface area contributed by atoms with Crippen LogP contribution in [0.15, 0.2) is 35.1 Å². The van der Waals surface area contributed by atoms with Crippen LogP contribution in [0.3, 0.4) is 0 Å². The van der Waals surface area contributed by atoms with Crippen LogP contribution >= 0.6 is 11.6 Å². The number of halogens is 4. The first-order valence-electron chi connectivity index (χ1n) is 6.93. The smallest absolute Gasteiger partial charge is 0.323 e. The fourth-order valence-electron chi connectivity index (χ4n) is 2.48. The van der Waals surface area contributed by atoms with Gasteiger partial charge in [0.15, 0.2) is 5.82 Å². The highest BCUT2D eigenvalue weighted by Gasteiger charge is 2.33. The first kappa shape index (κ1) is 16.5. The van der Waals surface area contributed by atoms with Gasteiger partial charge >= 0.3 is 6.18 Å². The average Bonchev–Trinajstić information content (AvgIpc) is 2.96. The summed E-state index contributed by atoms with van der Waals surface area (Å²) in [7, 11) is 0. The molecule has 126 valence electrons. The van der Waals surface area contributed by atoms with Crippen LogP contribution in [0.1, 0.15) is 24.4 Å². The van der Waals surface area contributed by atoms with E-state index in [1.54, 1.807) is 25.1 Å². The van der Waals surface area contributed by atoms with Crippen LogP contribution in [-0.2, 0) is 6.18 Å². The van der Waals surface area contributed by atoms with Crippen LogP contribution in [-0.4, -0.2) is 14.8 Å². The summed E-state index contributed by atoms with van der Waals surface area (Å²) >= 11 is 6.08. The molecule has 2 aromatic heterocycles. The summed E-state index contributed by atoms with van der Waals surface area (Å²) in [5.41, 5.74) is 4.58. The second-order valence-corrected chi connectivity index (χ2v) is 5.75. The predicted molar refractivity (Wildman–Crippen MR) is 84.3 cm³/mol. The molecular weight excluding hydrogens is 345 g/mol. The highest BCUT2D eigenvalue weighted by molar-refractivity contribution is 6.35. The van der Waals surface area contributed by atoms with E-state index < -0.39 is 23.5 Å². The van der Waals surface area contributed by atoms with Crippen molar-refractivity contribution in [2.24, 2.45) is 5.73 Å². The Morgan fingerprint density at radius 2 is 2.04 bits per heavy atom. The number of nitrogens with one attached hydrogen (secondary N) is 1. The molecule has 3 aromatic rings. The van der Waals surface area contributed by atoms with Crippen molar-refractivity contribution >= 4 is 22.4 Å². The summed E-state index contributed by atoms with van der Waals surface area (Å²) in [6.45, 7) is 1.62. The third-order valence-electron chi connectivity index (χ3n) is 3.59. The molecule has 9 heteroatoms. The summed E-state index contributed by atoms with van der Waals surface area (Å²) in [6, 6.07) is 6.67. The topological polar surface area (TPSA) is 76.7 Å². The number of nitrogens with zero attached hydrogens (tertiary/aromatic N) is 2. The van der Waals surface area contributed by atoms with Gasteiger partial charge in [-0.25, -0.2) is 0 Å². The largest absolute Gasteiger partial charge is 0.432 e. The maximum Gasteiger partial charge on any atom is 0.432 e. The van der Waals surface area contributed by atoms with E-state index in [-0.39, 0.29) is 16.2 Å². The van der Waals surface area contributed by atoms with E-state index in [9.17, 15) is 18.0 Å². The number of aromatic nitrogens is 3. The van der Waals surface area contributed by atoms with Gasteiger partial charge < -0.3 is 5.73 Å². The summed E-state index contributed by atoms with van der Waals surface area (Å²) in [5.74, 6) is -0.193. The van der Waals surface area contributed by atoms with E-state index in [4.69, 9.17) is 17.3 Å². The van der Waals surface area contributed by atoms with E-state index in [0.717, 1.165) is 10.6 Å². The van der Waals surface area contributed by atoms with Crippen molar-refractivity contribution in [3.63, 3.8) is 0 Å². The summed E-state index contributed by atoms with van der Waals surface area (Å²) < 4.78 is 39.4. The zero-order valence-corrected chi connectivity index (χ0v) is 13.1. The van der Waals surface area contributed by atoms with E-state index >= 15 is 0 Å². The standard InChI is InChI=1S/C15H12ClF3N4O/c1-7(20)10-5-8-3-2-4-9(16)13(8)14(24)23(10)12-6-11(21-22-12)15(17,18)19/h2-7H,20H2,1H3,(H,21,22)/t7-/m0/s1. The normalized spacial score (nSPS) is 13.4. The van der Waals surface area contributed by atoms with Crippen molar-refractivity contribution in [2.75, 3.05) is 0 Å². The van der Waals surface area contributed by atoms with Crippen LogP contribution < -0.4 is 11.3 Å². The Morgan fingerprint density at radius 3 is 2.62 bits per heavy atom. The van der Waals surface area contributed by atoms with Gasteiger partial charge in [0.2, 0.25) is 0 Å². The minimum atomic E-state index is -4.60. The van der Waals surface area contributed by atoms with Crippen molar-refractivity contribution in [3.05, 3.63) is 57.1 Å². The van der Waals surface area contributed by atoms with Gasteiger partial charge in [0.25, 0.3) is 5.56 Å². The maximum absolute atomic E-state index is 12.8. The molecule has 0 saturated heterocycles. The van der Waals surface area contributed by atoms with Crippen LogP contribution in [0.25, 0.3) is 16.6 Å². The minimum absolute atomic E-state index is 0.193. The van der Waals surface area contributed by atoms with Crippen LogP contribution in [0.4, 0.5) is 13.2 Å².